The molecule has 1 aliphatic heterocycles. The summed E-state index contributed by atoms with van der Waals surface area (Å²) in [4.78, 5) is 9.63. The summed E-state index contributed by atoms with van der Waals surface area (Å²) < 4.78 is 62.6. The van der Waals surface area contributed by atoms with Gasteiger partial charge in [0.25, 0.3) is 0 Å². The largest absolute Gasteiger partial charge is 0.488 e. The van der Waals surface area contributed by atoms with Crippen LogP contribution in [0.15, 0.2) is 35.4 Å². The van der Waals surface area contributed by atoms with Gasteiger partial charge < -0.3 is 14.4 Å². The molecule has 0 radical (unpaired) electrons. The molecule has 0 spiro atoms. The Morgan fingerprint density at radius 1 is 1.28 bits per heavy atom. The second kappa shape index (κ2) is 7.08. The van der Waals surface area contributed by atoms with Crippen molar-refractivity contribution in [3.63, 3.8) is 0 Å². The topological polar surface area (TPSA) is 108 Å². The van der Waals surface area contributed by atoms with Crippen molar-refractivity contribution in [2.24, 2.45) is 5.14 Å². The van der Waals surface area contributed by atoms with Gasteiger partial charge in [-0.3, -0.25) is 0 Å². The van der Waals surface area contributed by atoms with Gasteiger partial charge in [-0.15, -0.1) is 0 Å². The van der Waals surface area contributed by atoms with E-state index in [1.54, 1.807) is 17.0 Å². The average molecular weight is 422 g/mol. The highest BCUT2D eigenvalue weighted by Gasteiger charge is 2.25. The lowest BCUT2D eigenvalue weighted by Crippen LogP contribution is -2.33. The Morgan fingerprint density at radius 3 is 2.66 bits per heavy atom. The van der Waals surface area contributed by atoms with Crippen LogP contribution in [0.3, 0.4) is 0 Å². The molecule has 0 bridgehead atoms. The first-order chi connectivity index (χ1) is 13.8. The van der Waals surface area contributed by atoms with Gasteiger partial charge in [-0.25, -0.2) is 27.3 Å². The molecule has 0 unspecified atom stereocenters. The Morgan fingerprint density at radius 2 is 2.00 bits per heavy atom. The first kappa shape index (κ1) is 19.3. The molecule has 11 heteroatoms. The van der Waals surface area contributed by atoms with Crippen LogP contribution in [0.25, 0.3) is 11.0 Å². The number of methoxy groups -OCH3 is 1. The summed E-state index contributed by atoms with van der Waals surface area (Å²) in [6, 6.07) is 4.82. The number of ether oxygens (including phenoxy) is 2. The summed E-state index contributed by atoms with van der Waals surface area (Å²) in [6.45, 7) is 0.500. The highest BCUT2D eigenvalue weighted by atomic mass is 32.2. The number of aromatic nitrogens is 2. The number of pyridine rings is 2. The Balaban J connectivity index is 1.79. The van der Waals surface area contributed by atoms with Crippen molar-refractivity contribution in [2.75, 3.05) is 25.2 Å². The molecule has 4 rings (SSSR count). The van der Waals surface area contributed by atoms with Gasteiger partial charge in [-0.05, 0) is 18.2 Å². The van der Waals surface area contributed by atoms with Gasteiger partial charge >= 0.3 is 0 Å². The summed E-state index contributed by atoms with van der Waals surface area (Å²) in [5, 5.41) is 5.60. The smallest absolute Gasteiger partial charge is 0.238 e. The average Bonchev–Trinajstić information content (AvgIpc) is 2.69. The number of anilines is 1. The number of halogens is 2. The van der Waals surface area contributed by atoms with Crippen molar-refractivity contribution < 1.29 is 26.7 Å². The van der Waals surface area contributed by atoms with Gasteiger partial charge in [0.2, 0.25) is 15.9 Å². The summed E-state index contributed by atoms with van der Waals surface area (Å²) in [5.74, 6) is -1.16. The van der Waals surface area contributed by atoms with E-state index in [0.717, 1.165) is 0 Å². The normalized spacial score (nSPS) is 13.9. The maximum atomic E-state index is 14.5. The molecule has 1 aliphatic rings. The fourth-order valence-electron chi connectivity index (χ4n) is 3.20. The van der Waals surface area contributed by atoms with Gasteiger partial charge in [-0.1, -0.05) is 0 Å². The summed E-state index contributed by atoms with van der Waals surface area (Å²) >= 11 is 0. The Bertz CT molecular complexity index is 1200. The minimum atomic E-state index is -4.22. The SMILES string of the molecule is COc1ccc2c3c(cnc2n1)OCCN3Cc1c(F)cc(S(N)(=O)=O)cc1F. The van der Waals surface area contributed by atoms with E-state index < -0.39 is 26.6 Å². The minimum absolute atomic E-state index is 0.149. The van der Waals surface area contributed by atoms with Crippen LogP contribution in [0.5, 0.6) is 11.6 Å². The Labute approximate surface area is 164 Å². The molecule has 0 amide bonds. The monoisotopic (exact) mass is 422 g/mol. The van der Waals surface area contributed by atoms with E-state index in [1.807, 2.05) is 0 Å². The number of primary sulfonamides is 1. The second-order valence-corrected chi connectivity index (χ2v) is 7.94. The first-order valence-corrected chi connectivity index (χ1v) is 10.0. The Kier molecular flexibility index (Phi) is 4.71. The fraction of sp³-hybridized carbons (Fsp3) is 0.222. The highest BCUT2D eigenvalue weighted by Crippen LogP contribution is 2.38. The second-order valence-electron chi connectivity index (χ2n) is 6.38. The number of nitrogens with two attached hydrogens (primary N) is 1. The van der Waals surface area contributed by atoms with Crippen LogP contribution < -0.4 is 19.5 Å². The maximum Gasteiger partial charge on any atom is 0.238 e. The zero-order chi connectivity index (χ0) is 20.8. The van der Waals surface area contributed by atoms with Gasteiger partial charge in [-0.2, -0.15) is 4.98 Å². The van der Waals surface area contributed by atoms with Gasteiger partial charge in [0, 0.05) is 23.6 Å². The van der Waals surface area contributed by atoms with E-state index in [9.17, 15) is 17.2 Å². The summed E-state index contributed by atoms with van der Waals surface area (Å²) in [6.07, 6.45) is 1.49. The third-order valence-electron chi connectivity index (χ3n) is 4.58. The molecular formula is C18H16F2N4O4S. The van der Waals surface area contributed by atoms with Crippen LogP contribution in [0.2, 0.25) is 0 Å². The van der Waals surface area contributed by atoms with Crippen LogP contribution in [0.1, 0.15) is 5.56 Å². The predicted molar refractivity (Wildman–Crippen MR) is 100 cm³/mol. The van der Waals surface area contributed by atoms with Gasteiger partial charge in [0.05, 0.1) is 30.4 Å². The fourth-order valence-corrected chi connectivity index (χ4v) is 3.73. The van der Waals surface area contributed by atoms with E-state index in [0.29, 0.717) is 53.6 Å². The summed E-state index contributed by atoms with van der Waals surface area (Å²) in [5.41, 5.74) is 0.700. The standard InChI is InChI=1S/C18H16F2N4O4S/c1-27-16-3-2-11-17-15(8-22-18(11)23-16)28-5-4-24(17)9-12-13(19)6-10(7-14(12)20)29(21,25)26/h2-3,6-8H,4-5,9H2,1H3,(H2,21,25,26). The lowest BCUT2D eigenvalue weighted by Gasteiger charge is -2.32. The van der Waals surface area contributed by atoms with E-state index >= 15 is 0 Å². The molecule has 8 nitrogen and oxygen atoms in total. The zero-order valence-electron chi connectivity index (χ0n) is 15.2. The van der Waals surface area contributed by atoms with Gasteiger partial charge in [0.15, 0.2) is 11.4 Å². The van der Waals surface area contributed by atoms with Crippen molar-refractivity contribution in [3.8, 4) is 11.6 Å². The van der Waals surface area contributed by atoms with Crippen molar-refractivity contribution in [1.82, 2.24) is 9.97 Å². The highest BCUT2D eigenvalue weighted by molar-refractivity contribution is 7.89. The number of hydrogen-bond acceptors (Lipinski definition) is 7. The van der Waals surface area contributed by atoms with E-state index in [1.165, 1.54) is 13.3 Å². The zero-order valence-corrected chi connectivity index (χ0v) is 16.0. The molecular weight excluding hydrogens is 406 g/mol. The van der Waals surface area contributed by atoms with Crippen LogP contribution in [0.4, 0.5) is 14.5 Å². The molecule has 152 valence electrons. The lowest BCUT2D eigenvalue weighted by atomic mass is 10.1. The number of hydrogen-bond donors (Lipinski definition) is 1. The van der Waals surface area contributed by atoms with Crippen molar-refractivity contribution in [2.45, 2.75) is 11.4 Å². The predicted octanol–water partition coefficient (Wildman–Crippen LogP) is 1.96. The molecule has 2 aromatic heterocycles. The molecule has 29 heavy (non-hydrogen) atoms. The van der Waals surface area contributed by atoms with Crippen LogP contribution in [-0.2, 0) is 16.6 Å². The third-order valence-corrected chi connectivity index (χ3v) is 5.47. The molecule has 0 saturated carbocycles. The molecule has 0 atom stereocenters. The summed E-state index contributed by atoms with van der Waals surface area (Å²) in [7, 11) is -2.74. The van der Waals surface area contributed by atoms with Crippen molar-refractivity contribution in [1.29, 1.82) is 0 Å². The molecule has 0 aliphatic carbocycles. The van der Waals surface area contributed by atoms with E-state index in [2.05, 4.69) is 9.97 Å². The van der Waals surface area contributed by atoms with Gasteiger partial charge in [0.1, 0.15) is 18.2 Å². The number of nitrogens with zero attached hydrogens (tertiary/aromatic N) is 3. The molecule has 0 fully saturated rings. The number of benzene rings is 1. The Hall–Kier alpha value is -3.05. The van der Waals surface area contributed by atoms with E-state index in [-0.39, 0.29) is 12.1 Å². The first-order valence-electron chi connectivity index (χ1n) is 8.50. The third kappa shape index (κ3) is 3.54. The number of sulfonamides is 1. The van der Waals surface area contributed by atoms with E-state index in [4.69, 9.17) is 14.6 Å². The molecule has 2 N–H and O–H groups in total. The van der Waals surface area contributed by atoms with Crippen LogP contribution in [0, 0.1) is 11.6 Å². The number of fused-ring (bicyclic) bond motifs is 3. The van der Waals surface area contributed by atoms with Crippen LogP contribution >= 0.6 is 0 Å². The number of rotatable bonds is 4. The molecule has 3 heterocycles. The minimum Gasteiger partial charge on any atom is -0.488 e. The van der Waals surface area contributed by atoms with Crippen molar-refractivity contribution in [3.05, 3.63) is 47.7 Å². The maximum absolute atomic E-state index is 14.5. The lowest BCUT2D eigenvalue weighted by molar-refractivity contribution is 0.305. The molecule has 0 saturated heterocycles. The quantitative estimate of drug-likeness (QED) is 0.685. The van der Waals surface area contributed by atoms with Crippen LogP contribution in [-0.4, -0.2) is 38.6 Å². The molecule has 1 aromatic carbocycles. The van der Waals surface area contributed by atoms with Crippen molar-refractivity contribution >= 4 is 26.7 Å². The molecule has 3 aromatic rings.